The topological polar surface area (TPSA) is 88.2 Å². The van der Waals surface area contributed by atoms with Crippen LogP contribution in [0.4, 0.5) is 0 Å². The maximum atomic E-state index is 13.0. The molecule has 29 heavy (non-hydrogen) atoms. The maximum absolute atomic E-state index is 13.0. The Hall–Kier alpha value is -2.55. The first-order valence-corrected chi connectivity index (χ1v) is 11.6. The van der Waals surface area contributed by atoms with E-state index in [2.05, 4.69) is 15.0 Å². The molecule has 1 heterocycles. The highest BCUT2D eigenvalue weighted by atomic mass is 32.2. The zero-order valence-electron chi connectivity index (χ0n) is 16.3. The third-order valence-electron chi connectivity index (χ3n) is 4.46. The van der Waals surface area contributed by atoms with Crippen molar-refractivity contribution in [2.24, 2.45) is 0 Å². The molecule has 0 spiro atoms. The third kappa shape index (κ3) is 5.72. The lowest BCUT2D eigenvalue weighted by Gasteiger charge is -2.19. The van der Waals surface area contributed by atoms with E-state index in [0.717, 1.165) is 16.8 Å². The number of carbonyl (C=O) groups excluding carboxylic acids is 1. The fourth-order valence-electron chi connectivity index (χ4n) is 2.91. The van der Waals surface area contributed by atoms with Gasteiger partial charge in [0.25, 0.3) is 0 Å². The summed E-state index contributed by atoms with van der Waals surface area (Å²) >= 11 is 1.44. The summed E-state index contributed by atoms with van der Waals surface area (Å²) in [7, 11) is -3.87. The second-order valence-corrected chi connectivity index (χ2v) is 9.23. The van der Waals surface area contributed by atoms with Gasteiger partial charge in [0.15, 0.2) is 0 Å². The van der Waals surface area contributed by atoms with Crippen molar-refractivity contribution >= 4 is 27.3 Å². The Balaban J connectivity index is 1.83. The molecule has 0 aliphatic carbocycles. The van der Waals surface area contributed by atoms with Gasteiger partial charge in [0, 0.05) is 5.38 Å². The number of rotatable bonds is 8. The summed E-state index contributed by atoms with van der Waals surface area (Å²) in [6.07, 6.45) is 0.244. The Morgan fingerprint density at radius 2 is 1.90 bits per heavy atom. The SMILES string of the molecule is Cc1ccc(C)c(S(=O)(=O)N[C@@H](Cc2ccccc2)C(=O)NCc2cscn2)c1. The minimum Gasteiger partial charge on any atom is -0.349 e. The van der Waals surface area contributed by atoms with Crippen molar-refractivity contribution in [3.05, 3.63) is 81.8 Å². The zero-order chi connectivity index (χ0) is 20.9. The number of carbonyl (C=O) groups is 1. The fraction of sp³-hybridized carbons (Fsp3) is 0.238. The first-order chi connectivity index (χ1) is 13.8. The summed E-state index contributed by atoms with van der Waals surface area (Å²) in [4.78, 5) is 17.2. The lowest BCUT2D eigenvalue weighted by Crippen LogP contribution is -2.47. The van der Waals surface area contributed by atoms with Gasteiger partial charge in [0.2, 0.25) is 15.9 Å². The Morgan fingerprint density at radius 3 is 2.59 bits per heavy atom. The van der Waals surface area contributed by atoms with Crippen LogP contribution >= 0.6 is 11.3 Å². The van der Waals surface area contributed by atoms with Crippen LogP contribution < -0.4 is 10.0 Å². The van der Waals surface area contributed by atoms with Gasteiger partial charge in [-0.15, -0.1) is 11.3 Å². The smallest absolute Gasteiger partial charge is 0.241 e. The van der Waals surface area contributed by atoms with Crippen LogP contribution in [0.3, 0.4) is 0 Å². The van der Waals surface area contributed by atoms with Crippen molar-refractivity contribution < 1.29 is 13.2 Å². The molecular formula is C21H23N3O3S2. The van der Waals surface area contributed by atoms with E-state index in [1.807, 2.05) is 48.7 Å². The Labute approximate surface area is 175 Å². The monoisotopic (exact) mass is 429 g/mol. The average Bonchev–Trinajstić information content (AvgIpc) is 3.21. The second-order valence-electron chi connectivity index (χ2n) is 6.83. The third-order valence-corrected chi connectivity index (χ3v) is 6.71. The molecule has 2 aromatic carbocycles. The van der Waals surface area contributed by atoms with Crippen LogP contribution in [0.15, 0.2) is 64.3 Å². The fourth-order valence-corrected chi connectivity index (χ4v) is 4.99. The van der Waals surface area contributed by atoms with Crippen molar-refractivity contribution in [3.63, 3.8) is 0 Å². The van der Waals surface area contributed by atoms with Gasteiger partial charge in [-0.05, 0) is 43.0 Å². The molecule has 0 radical (unpaired) electrons. The number of benzene rings is 2. The summed E-state index contributed by atoms with van der Waals surface area (Å²) in [5, 5.41) is 4.62. The molecule has 0 unspecified atom stereocenters. The minimum atomic E-state index is -3.87. The molecule has 2 N–H and O–H groups in total. The lowest BCUT2D eigenvalue weighted by atomic mass is 10.1. The minimum absolute atomic E-state index is 0.183. The number of amides is 1. The lowest BCUT2D eigenvalue weighted by molar-refractivity contribution is -0.122. The van der Waals surface area contributed by atoms with E-state index < -0.39 is 22.0 Å². The van der Waals surface area contributed by atoms with Crippen LogP contribution in [-0.2, 0) is 27.8 Å². The van der Waals surface area contributed by atoms with E-state index in [9.17, 15) is 13.2 Å². The molecule has 1 atom stereocenters. The van der Waals surface area contributed by atoms with Gasteiger partial charge in [0.1, 0.15) is 6.04 Å². The van der Waals surface area contributed by atoms with E-state index in [-0.39, 0.29) is 17.9 Å². The highest BCUT2D eigenvalue weighted by Gasteiger charge is 2.27. The largest absolute Gasteiger partial charge is 0.349 e. The number of sulfonamides is 1. The molecule has 0 aliphatic rings. The molecule has 6 nitrogen and oxygen atoms in total. The van der Waals surface area contributed by atoms with Crippen LogP contribution in [0.25, 0.3) is 0 Å². The molecule has 0 saturated carbocycles. The van der Waals surface area contributed by atoms with Crippen molar-refractivity contribution in [1.29, 1.82) is 0 Å². The number of aromatic nitrogens is 1. The van der Waals surface area contributed by atoms with Crippen LogP contribution in [-0.4, -0.2) is 25.4 Å². The van der Waals surface area contributed by atoms with E-state index in [4.69, 9.17) is 0 Å². The quantitative estimate of drug-likeness (QED) is 0.576. The van der Waals surface area contributed by atoms with E-state index in [0.29, 0.717) is 5.56 Å². The maximum Gasteiger partial charge on any atom is 0.241 e. The van der Waals surface area contributed by atoms with Gasteiger partial charge in [-0.2, -0.15) is 4.72 Å². The average molecular weight is 430 g/mol. The Morgan fingerprint density at radius 1 is 1.14 bits per heavy atom. The summed E-state index contributed by atoms with van der Waals surface area (Å²) in [6, 6.07) is 13.6. The summed E-state index contributed by atoms with van der Waals surface area (Å²) in [5.74, 6) is -0.393. The Kier molecular flexibility index (Phi) is 6.79. The van der Waals surface area contributed by atoms with Crippen LogP contribution in [0.5, 0.6) is 0 Å². The number of thiazole rings is 1. The number of hydrogen-bond acceptors (Lipinski definition) is 5. The Bertz CT molecular complexity index is 1070. The van der Waals surface area contributed by atoms with Gasteiger partial charge < -0.3 is 5.32 Å². The predicted octanol–water partition coefficient (Wildman–Crippen LogP) is 2.97. The number of nitrogens with one attached hydrogen (secondary N) is 2. The molecule has 0 aliphatic heterocycles. The number of hydrogen-bond donors (Lipinski definition) is 2. The van der Waals surface area contributed by atoms with Crippen LogP contribution in [0.2, 0.25) is 0 Å². The first-order valence-electron chi connectivity index (χ1n) is 9.13. The van der Waals surface area contributed by atoms with Gasteiger partial charge in [-0.3, -0.25) is 4.79 Å². The van der Waals surface area contributed by atoms with E-state index in [1.54, 1.807) is 24.6 Å². The molecule has 1 amide bonds. The molecule has 3 aromatic rings. The molecule has 0 fully saturated rings. The normalized spacial score (nSPS) is 12.5. The standard InChI is InChI=1S/C21H23N3O3S2/c1-15-8-9-16(2)20(10-15)29(26,27)24-19(11-17-6-4-3-5-7-17)21(25)22-12-18-13-28-14-23-18/h3-10,13-14,19,24H,11-12H2,1-2H3,(H,22,25)/t19-/m0/s1. The zero-order valence-corrected chi connectivity index (χ0v) is 17.9. The molecular weight excluding hydrogens is 406 g/mol. The van der Waals surface area contributed by atoms with Gasteiger partial charge in [-0.25, -0.2) is 13.4 Å². The van der Waals surface area contributed by atoms with Gasteiger partial charge >= 0.3 is 0 Å². The number of aryl methyl sites for hydroxylation is 2. The summed E-state index contributed by atoms with van der Waals surface area (Å²) < 4.78 is 28.7. The van der Waals surface area contributed by atoms with Crippen molar-refractivity contribution in [3.8, 4) is 0 Å². The first kappa shape index (κ1) is 21.2. The van der Waals surface area contributed by atoms with E-state index in [1.165, 1.54) is 11.3 Å². The second kappa shape index (κ2) is 9.30. The number of nitrogens with zero attached hydrogens (tertiary/aromatic N) is 1. The molecule has 1 aromatic heterocycles. The van der Waals surface area contributed by atoms with Crippen molar-refractivity contribution in [2.75, 3.05) is 0 Å². The molecule has 152 valence electrons. The molecule has 0 saturated heterocycles. The van der Waals surface area contributed by atoms with Crippen LogP contribution in [0.1, 0.15) is 22.4 Å². The highest BCUT2D eigenvalue weighted by molar-refractivity contribution is 7.89. The molecule has 0 bridgehead atoms. The molecule has 3 rings (SSSR count). The highest BCUT2D eigenvalue weighted by Crippen LogP contribution is 2.18. The van der Waals surface area contributed by atoms with Crippen LogP contribution in [0, 0.1) is 13.8 Å². The van der Waals surface area contributed by atoms with Gasteiger partial charge in [0.05, 0.1) is 22.6 Å². The van der Waals surface area contributed by atoms with Crippen molar-refractivity contribution in [2.45, 2.75) is 37.8 Å². The van der Waals surface area contributed by atoms with Crippen molar-refractivity contribution in [1.82, 2.24) is 15.0 Å². The summed E-state index contributed by atoms with van der Waals surface area (Å²) in [6.45, 7) is 3.82. The predicted molar refractivity (Wildman–Crippen MR) is 114 cm³/mol. The summed E-state index contributed by atoms with van der Waals surface area (Å²) in [5.41, 5.74) is 4.75. The van der Waals surface area contributed by atoms with Gasteiger partial charge in [-0.1, -0.05) is 42.5 Å². The van der Waals surface area contributed by atoms with E-state index >= 15 is 0 Å². The molecule has 8 heteroatoms.